The number of aromatic hydroxyl groups is 1. The zero-order valence-electron chi connectivity index (χ0n) is 13.3. The Balaban J connectivity index is 2.04. The summed E-state index contributed by atoms with van der Waals surface area (Å²) < 4.78 is 16.4. The molecule has 3 aromatic rings. The van der Waals surface area contributed by atoms with E-state index < -0.39 is 12.0 Å². The first-order valence-corrected chi connectivity index (χ1v) is 8.07. The van der Waals surface area contributed by atoms with Crippen molar-refractivity contribution in [1.82, 2.24) is 4.57 Å². The number of phenols is 1. The summed E-state index contributed by atoms with van der Waals surface area (Å²) in [6, 6.07) is 10.5. The van der Waals surface area contributed by atoms with Crippen LogP contribution in [0.3, 0.4) is 0 Å². The number of nitrogens with two attached hydrogens (primary N) is 1. The second-order valence-electron chi connectivity index (χ2n) is 6.38. The molecule has 0 radical (unpaired) electrons. The number of aromatic nitrogens is 1. The Labute approximate surface area is 142 Å². The van der Waals surface area contributed by atoms with Crippen molar-refractivity contribution in [3.8, 4) is 16.9 Å². The Hall–Kier alpha value is -2.70. The Kier molecular flexibility index (Phi) is 3.59. The summed E-state index contributed by atoms with van der Waals surface area (Å²) in [5.41, 5.74) is 6.99. The minimum atomic E-state index is -1.36. The van der Waals surface area contributed by atoms with Gasteiger partial charge in [0.05, 0.1) is 5.52 Å². The molecule has 4 rings (SSSR count). The third-order valence-electron chi connectivity index (χ3n) is 4.58. The molecule has 1 aliphatic rings. The average molecular weight is 340 g/mol. The molecule has 1 atom stereocenters. The van der Waals surface area contributed by atoms with Gasteiger partial charge in [-0.05, 0) is 42.7 Å². The second kappa shape index (κ2) is 5.68. The highest BCUT2D eigenvalue weighted by atomic mass is 19.1. The van der Waals surface area contributed by atoms with Gasteiger partial charge in [-0.3, -0.25) is 4.79 Å². The second-order valence-corrected chi connectivity index (χ2v) is 6.38. The van der Waals surface area contributed by atoms with Gasteiger partial charge < -0.3 is 20.5 Å². The summed E-state index contributed by atoms with van der Waals surface area (Å²) in [6.45, 7) is 0. The van der Waals surface area contributed by atoms with Crippen LogP contribution in [-0.4, -0.2) is 14.8 Å². The fraction of sp³-hybridized carbons (Fsp3) is 0.211. The number of nitrogens with zero attached hydrogens (tertiary/aromatic N) is 1. The van der Waals surface area contributed by atoms with Crippen LogP contribution in [0.4, 0.5) is 4.39 Å². The predicted octanol–water partition coefficient (Wildman–Crippen LogP) is 2.80. The van der Waals surface area contributed by atoms with E-state index in [4.69, 9.17) is 5.73 Å². The van der Waals surface area contributed by atoms with Gasteiger partial charge in [0.15, 0.2) is 0 Å². The highest BCUT2D eigenvalue weighted by Gasteiger charge is 2.28. The Bertz CT molecular complexity index is 1020. The zero-order chi connectivity index (χ0) is 17.7. The van der Waals surface area contributed by atoms with E-state index in [1.165, 1.54) is 24.3 Å². The van der Waals surface area contributed by atoms with E-state index in [-0.39, 0.29) is 22.9 Å². The smallest absolute Gasteiger partial charge is 0.251 e. The highest BCUT2D eigenvalue weighted by molar-refractivity contribution is 5.88. The molecule has 1 heterocycles. The van der Waals surface area contributed by atoms with E-state index >= 15 is 0 Å². The minimum Gasteiger partial charge on any atom is -0.508 e. The van der Waals surface area contributed by atoms with Gasteiger partial charge in [0.2, 0.25) is 0 Å². The van der Waals surface area contributed by atoms with E-state index in [1.54, 1.807) is 22.8 Å². The fourth-order valence-electron chi connectivity index (χ4n) is 3.21. The van der Waals surface area contributed by atoms with Crippen molar-refractivity contribution in [2.45, 2.75) is 25.1 Å². The zero-order valence-corrected chi connectivity index (χ0v) is 13.3. The minimum absolute atomic E-state index is 0.0911. The molecule has 0 bridgehead atoms. The highest BCUT2D eigenvalue weighted by Crippen LogP contribution is 2.38. The third-order valence-corrected chi connectivity index (χ3v) is 4.58. The summed E-state index contributed by atoms with van der Waals surface area (Å²) in [5.74, 6) is -0.394. The number of halogens is 1. The fourth-order valence-corrected chi connectivity index (χ4v) is 3.21. The quantitative estimate of drug-likeness (QED) is 0.640. The normalized spacial score (nSPS) is 15.5. The summed E-state index contributed by atoms with van der Waals surface area (Å²) in [5, 5.41) is 19.6. The number of hydrogen-bond donors (Lipinski definition) is 3. The van der Waals surface area contributed by atoms with Crippen molar-refractivity contribution in [3.05, 3.63) is 64.2 Å². The summed E-state index contributed by atoms with van der Waals surface area (Å²) in [4.78, 5) is 12.5. The molecule has 1 aliphatic carbocycles. The van der Waals surface area contributed by atoms with Gasteiger partial charge in [-0.2, -0.15) is 0 Å². The predicted molar refractivity (Wildman–Crippen MR) is 92.7 cm³/mol. The van der Waals surface area contributed by atoms with Crippen LogP contribution in [0.15, 0.2) is 47.3 Å². The number of rotatable bonds is 3. The standard InChI is InChI=1S/C19H17FN2O3/c20-16-7-14-15(19(21)25)9-18(24)22(11-3-4-11)17(14)8-13(16)10-1-5-12(23)6-2-10/h1-2,5-9,11,19,23,25H,3-4,21H2. The van der Waals surface area contributed by atoms with E-state index in [2.05, 4.69) is 0 Å². The average Bonchev–Trinajstić information content (AvgIpc) is 3.39. The number of benzene rings is 2. The van der Waals surface area contributed by atoms with Crippen LogP contribution in [0, 0.1) is 5.82 Å². The van der Waals surface area contributed by atoms with Crippen LogP contribution < -0.4 is 11.3 Å². The summed E-state index contributed by atoms with van der Waals surface area (Å²) in [6.07, 6.45) is 0.430. The lowest BCUT2D eigenvalue weighted by molar-refractivity contribution is 0.187. The van der Waals surface area contributed by atoms with Gasteiger partial charge >= 0.3 is 0 Å². The first-order chi connectivity index (χ1) is 12.0. The van der Waals surface area contributed by atoms with Crippen LogP contribution in [0.25, 0.3) is 22.0 Å². The first kappa shape index (κ1) is 15.8. The van der Waals surface area contributed by atoms with Crippen molar-refractivity contribution in [3.63, 3.8) is 0 Å². The third kappa shape index (κ3) is 2.69. The SMILES string of the molecule is NC(O)c1cc(=O)n(C2CC2)c2cc(-c3ccc(O)cc3)c(F)cc12. The van der Waals surface area contributed by atoms with Crippen LogP contribution in [0.2, 0.25) is 0 Å². The van der Waals surface area contributed by atoms with Crippen LogP contribution in [0.1, 0.15) is 30.7 Å². The molecule has 0 spiro atoms. The topological polar surface area (TPSA) is 88.5 Å². The van der Waals surface area contributed by atoms with E-state index in [1.807, 2.05) is 0 Å². The van der Waals surface area contributed by atoms with Crippen molar-refractivity contribution in [2.75, 3.05) is 0 Å². The Morgan fingerprint density at radius 1 is 1.16 bits per heavy atom. The maximum Gasteiger partial charge on any atom is 0.251 e. The van der Waals surface area contributed by atoms with Crippen molar-refractivity contribution < 1.29 is 14.6 Å². The molecule has 1 saturated carbocycles. The number of fused-ring (bicyclic) bond motifs is 1. The van der Waals surface area contributed by atoms with E-state index in [0.29, 0.717) is 22.0 Å². The van der Waals surface area contributed by atoms with Gasteiger partial charge in [-0.1, -0.05) is 12.1 Å². The molecule has 0 aliphatic heterocycles. The largest absolute Gasteiger partial charge is 0.508 e. The van der Waals surface area contributed by atoms with E-state index in [0.717, 1.165) is 12.8 Å². The van der Waals surface area contributed by atoms with Gasteiger partial charge in [-0.15, -0.1) is 0 Å². The molecule has 4 N–H and O–H groups in total. The molecule has 6 heteroatoms. The molecule has 25 heavy (non-hydrogen) atoms. The lowest BCUT2D eigenvalue weighted by Gasteiger charge is -2.16. The van der Waals surface area contributed by atoms with Crippen LogP contribution in [0.5, 0.6) is 5.75 Å². The van der Waals surface area contributed by atoms with E-state index in [9.17, 15) is 19.4 Å². The molecule has 1 aromatic heterocycles. The molecular formula is C19H17FN2O3. The first-order valence-electron chi connectivity index (χ1n) is 8.07. The van der Waals surface area contributed by atoms with Crippen molar-refractivity contribution in [1.29, 1.82) is 0 Å². The van der Waals surface area contributed by atoms with Crippen LogP contribution in [-0.2, 0) is 0 Å². The Morgan fingerprint density at radius 3 is 2.44 bits per heavy atom. The van der Waals surface area contributed by atoms with Gasteiger partial charge in [0, 0.05) is 28.6 Å². The van der Waals surface area contributed by atoms with Crippen molar-refractivity contribution in [2.24, 2.45) is 5.73 Å². The van der Waals surface area contributed by atoms with Gasteiger partial charge in [0.1, 0.15) is 17.8 Å². The number of aliphatic hydroxyl groups is 1. The number of pyridine rings is 1. The molecule has 128 valence electrons. The molecule has 1 unspecified atom stereocenters. The van der Waals surface area contributed by atoms with Gasteiger partial charge in [-0.25, -0.2) is 4.39 Å². The lowest BCUT2D eigenvalue weighted by atomic mass is 9.99. The van der Waals surface area contributed by atoms with Crippen molar-refractivity contribution >= 4 is 10.9 Å². The monoisotopic (exact) mass is 340 g/mol. The van der Waals surface area contributed by atoms with Gasteiger partial charge in [0.25, 0.3) is 5.56 Å². The number of hydrogen-bond acceptors (Lipinski definition) is 4. The molecule has 1 fully saturated rings. The Morgan fingerprint density at radius 2 is 1.84 bits per heavy atom. The number of aliphatic hydroxyl groups excluding tert-OH is 1. The maximum absolute atomic E-state index is 14.7. The number of phenolic OH excluding ortho intramolecular Hbond substituents is 1. The molecule has 0 amide bonds. The summed E-state index contributed by atoms with van der Waals surface area (Å²) >= 11 is 0. The summed E-state index contributed by atoms with van der Waals surface area (Å²) in [7, 11) is 0. The maximum atomic E-state index is 14.7. The molecule has 5 nitrogen and oxygen atoms in total. The molecular weight excluding hydrogens is 323 g/mol. The molecule has 0 saturated heterocycles. The molecule has 2 aromatic carbocycles. The lowest BCUT2D eigenvalue weighted by Crippen LogP contribution is -2.22. The van der Waals surface area contributed by atoms with Crippen LogP contribution >= 0.6 is 0 Å².